The minimum atomic E-state index is -0.507. The third kappa shape index (κ3) is 2.70. The van der Waals surface area contributed by atoms with Crippen molar-refractivity contribution in [3.63, 3.8) is 0 Å². The lowest BCUT2D eigenvalue weighted by Gasteiger charge is -2.17. The number of hydrogen-bond donors (Lipinski definition) is 3. The summed E-state index contributed by atoms with van der Waals surface area (Å²) >= 11 is 0. The zero-order valence-electron chi connectivity index (χ0n) is 11.2. The van der Waals surface area contributed by atoms with Crippen molar-refractivity contribution >= 4 is 17.6 Å². The Kier molecular flexibility index (Phi) is 3.46. The van der Waals surface area contributed by atoms with E-state index in [1.165, 1.54) is 0 Å². The van der Waals surface area contributed by atoms with Gasteiger partial charge in [-0.2, -0.15) is 0 Å². The van der Waals surface area contributed by atoms with Crippen LogP contribution in [0, 0.1) is 5.41 Å². The van der Waals surface area contributed by atoms with E-state index in [4.69, 9.17) is 5.73 Å². The summed E-state index contributed by atoms with van der Waals surface area (Å²) in [5.41, 5.74) is 7.89. The van der Waals surface area contributed by atoms with E-state index >= 15 is 0 Å². The normalized spacial score (nSPS) is 20.7. The van der Waals surface area contributed by atoms with Crippen LogP contribution in [0.1, 0.15) is 25.0 Å². The number of hydrogen-bond acceptors (Lipinski definition) is 2. The van der Waals surface area contributed by atoms with Crippen LogP contribution in [0.3, 0.4) is 0 Å². The molecular weight excluding hydrogens is 242 g/mol. The minimum Gasteiger partial charge on any atom is -0.369 e. The van der Waals surface area contributed by atoms with E-state index in [0.717, 1.165) is 16.8 Å². The number of nitrogens with one attached hydrogen (secondary N) is 2. The van der Waals surface area contributed by atoms with Gasteiger partial charge in [0.25, 0.3) is 0 Å². The summed E-state index contributed by atoms with van der Waals surface area (Å²) in [6.45, 7) is 4.32. The number of carbonyl (C=O) groups is 2. The third-order valence-corrected chi connectivity index (χ3v) is 3.56. The van der Waals surface area contributed by atoms with Crippen molar-refractivity contribution in [2.45, 2.75) is 26.7 Å². The Morgan fingerprint density at radius 1 is 1.32 bits per heavy atom. The zero-order chi connectivity index (χ0) is 14.0. The lowest BCUT2D eigenvalue weighted by molar-refractivity contribution is -0.126. The van der Waals surface area contributed by atoms with Gasteiger partial charge in [0.05, 0.1) is 5.41 Å². The first-order valence-electron chi connectivity index (χ1n) is 6.41. The molecule has 3 amide bonds. The lowest BCUT2D eigenvalue weighted by Crippen LogP contribution is -2.34. The smallest absolute Gasteiger partial charge is 0.319 e. The van der Waals surface area contributed by atoms with Crippen molar-refractivity contribution in [3.8, 4) is 0 Å². The van der Waals surface area contributed by atoms with Gasteiger partial charge in [-0.1, -0.05) is 13.0 Å². The van der Waals surface area contributed by atoms with Gasteiger partial charge in [0, 0.05) is 12.2 Å². The molecular formula is C14H19N3O2. The minimum absolute atomic E-state index is 0.224. The average molecular weight is 261 g/mol. The molecule has 5 nitrogen and oxygen atoms in total. The number of primary amides is 1. The van der Waals surface area contributed by atoms with Gasteiger partial charge in [-0.25, -0.2) is 4.79 Å². The van der Waals surface area contributed by atoms with Gasteiger partial charge in [-0.3, -0.25) is 4.79 Å². The second-order valence-corrected chi connectivity index (χ2v) is 5.25. The molecule has 1 aliphatic rings. The first kappa shape index (κ1) is 13.4. The number of nitrogens with two attached hydrogens (primary N) is 1. The van der Waals surface area contributed by atoms with Crippen LogP contribution >= 0.6 is 0 Å². The predicted molar refractivity (Wildman–Crippen MR) is 73.8 cm³/mol. The van der Waals surface area contributed by atoms with Crippen LogP contribution < -0.4 is 16.4 Å². The second kappa shape index (κ2) is 4.91. The van der Waals surface area contributed by atoms with Crippen LogP contribution in [-0.2, 0) is 17.6 Å². The summed E-state index contributed by atoms with van der Waals surface area (Å²) in [6.07, 6.45) is 1.29. The lowest BCUT2D eigenvalue weighted by atomic mass is 9.87. The molecule has 5 heteroatoms. The first-order chi connectivity index (χ1) is 8.94. The molecule has 1 aromatic carbocycles. The molecule has 0 bridgehead atoms. The van der Waals surface area contributed by atoms with E-state index < -0.39 is 5.41 Å². The predicted octanol–water partition coefficient (Wildman–Crippen LogP) is 1.42. The van der Waals surface area contributed by atoms with Crippen LogP contribution in [0.4, 0.5) is 10.5 Å². The molecule has 1 aromatic rings. The molecule has 0 aromatic heterocycles. The van der Waals surface area contributed by atoms with Crippen LogP contribution in [-0.4, -0.2) is 18.5 Å². The Labute approximate surface area is 112 Å². The molecule has 0 fully saturated rings. The summed E-state index contributed by atoms with van der Waals surface area (Å²) < 4.78 is 0. The van der Waals surface area contributed by atoms with Crippen LogP contribution in [0.5, 0.6) is 0 Å². The highest BCUT2D eigenvalue weighted by atomic mass is 16.2. The average Bonchev–Trinajstić information content (AvgIpc) is 2.66. The first-order valence-corrected chi connectivity index (χ1v) is 6.41. The summed E-state index contributed by atoms with van der Waals surface area (Å²) in [7, 11) is 0. The van der Waals surface area contributed by atoms with Gasteiger partial charge >= 0.3 is 6.03 Å². The maximum absolute atomic E-state index is 11.5. The Hall–Kier alpha value is -2.04. The molecule has 1 atom stereocenters. The Bertz CT molecular complexity index is 527. The molecule has 0 saturated carbocycles. The largest absolute Gasteiger partial charge is 0.369 e. The van der Waals surface area contributed by atoms with Crippen molar-refractivity contribution < 1.29 is 9.59 Å². The van der Waals surface area contributed by atoms with Gasteiger partial charge in [0.15, 0.2) is 0 Å². The fourth-order valence-corrected chi connectivity index (χ4v) is 2.45. The highest BCUT2D eigenvalue weighted by Gasteiger charge is 2.37. The van der Waals surface area contributed by atoms with Crippen LogP contribution in [0.25, 0.3) is 0 Å². The second-order valence-electron chi connectivity index (χ2n) is 5.25. The highest BCUT2D eigenvalue weighted by Crippen LogP contribution is 2.37. The summed E-state index contributed by atoms with van der Waals surface area (Å²) in [6, 6.07) is 5.49. The number of amides is 3. The molecule has 0 saturated heterocycles. The molecule has 0 spiro atoms. The summed E-state index contributed by atoms with van der Waals surface area (Å²) in [5.74, 6) is -0.276. The monoisotopic (exact) mass is 261 g/mol. The van der Waals surface area contributed by atoms with E-state index in [-0.39, 0.29) is 11.9 Å². The fourth-order valence-electron chi connectivity index (χ4n) is 2.45. The molecule has 1 aliphatic carbocycles. The maximum atomic E-state index is 11.5. The maximum Gasteiger partial charge on any atom is 0.319 e. The van der Waals surface area contributed by atoms with Gasteiger partial charge in [0.1, 0.15) is 0 Å². The topological polar surface area (TPSA) is 84.2 Å². The molecule has 0 aliphatic heterocycles. The number of anilines is 1. The summed E-state index contributed by atoms with van der Waals surface area (Å²) in [5, 5.41) is 5.43. The number of carbonyl (C=O) groups excluding carboxylic acids is 2. The van der Waals surface area contributed by atoms with Gasteiger partial charge in [0.2, 0.25) is 5.91 Å². The van der Waals surface area contributed by atoms with Gasteiger partial charge in [-0.15, -0.1) is 0 Å². The van der Waals surface area contributed by atoms with Crippen LogP contribution in [0.2, 0.25) is 0 Å². The Morgan fingerprint density at radius 2 is 2.00 bits per heavy atom. The molecule has 1 unspecified atom stereocenters. The van der Waals surface area contributed by atoms with Crippen molar-refractivity contribution in [1.29, 1.82) is 0 Å². The van der Waals surface area contributed by atoms with E-state index in [0.29, 0.717) is 19.4 Å². The Morgan fingerprint density at radius 3 is 2.63 bits per heavy atom. The van der Waals surface area contributed by atoms with E-state index in [1.54, 1.807) is 0 Å². The highest BCUT2D eigenvalue weighted by molar-refractivity contribution is 5.89. The standard InChI is InChI=1S/C14H19N3O2/c1-3-16-13(19)17-11-5-4-9-7-14(2,12(15)18)8-10(9)6-11/h4-6H,3,7-8H2,1-2H3,(H2,15,18)(H2,16,17,19). The number of benzene rings is 1. The number of urea groups is 1. The van der Waals surface area contributed by atoms with Gasteiger partial charge in [-0.05, 0) is 43.0 Å². The number of rotatable bonds is 3. The van der Waals surface area contributed by atoms with E-state index in [2.05, 4.69) is 10.6 Å². The fraction of sp³-hybridized carbons (Fsp3) is 0.429. The van der Waals surface area contributed by atoms with Crippen molar-refractivity contribution in [2.24, 2.45) is 11.1 Å². The number of fused-ring (bicyclic) bond motifs is 1. The molecule has 0 radical (unpaired) electrons. The molecule has 0 heterocycles. The molecule has 19 heavy (non-hydrogen) atoms. The van der Waals surface area contributed by atoms with E-state index in [9.17, 15) is 9.59 Å². The van der Waals surface area contributed by atoms with E-state index in [1.807, 2.05) is 32.0 Å². The van der Waals surface area contributed by atoms with Crippen LogP contribution in [0.15, 0.2) is 18.2 Å². The van der Waals surface area contributed by atoms with Crippen molar-refractivity contribution in [1.82, 2.24) is 5.32 Å². The molecule has 102 valence electrons. The van der Waals surface area contributed by atoms with Gasteiger partial charge < -0.3 is 16.4 Å². The van der Waals surface area contributed by atoms with Crippen molar-refractivity contribution in [2.75, 3.05) is 11.9 Å². The quantitative estimate of drug-likeness (QED) is 0.768. The summed E-state index contributed by atoms with van der Waals surface area (Å²) in [4.78, 5) is 22.9. The Balaban J connectivity index is 2.15. The molecule has 2 rings (SSSR count). The SMILES string of the molecule is CCNC(=O)Nc1ccc2c(c1)CC(C)(C(N)=O)C2. The zero-order valence-corrected chi connectivity index (χ0v) is 11.2. The van der Waals surface area contributed by atoms with Crippen molar-refractivity contribution in [3.05, 3.63) is 29.3 Å². The molecule has 4 N–H and O–H groups in total. The third-order valence-electron chi connectivity index (χ3n) is 3.56.